The van der Waals surface area contributed by atoms with Gasteiger partial charge in [0.2, 0.25) is 0 Å². The highest BCUT2D eigenvalue weighted by molar-refractivity contribution is 6.36. The summed E-state index contributed by atoms with van der Waals surface area (Å²) >= 11 is 12.0. The molecule has 1 fully saturated rings. The van der Waals surface area contributed by atoms with Crippen LogP contribution in [0.5, 0.6) is 0 Å². The molecule has 1 aliphatic heterocycles. The number of urea groups is 1. The number of benzene rings is 1. The van der Waals surface area contributed by atoms with E-state index in [-0.39, 0.29) is 11.9 Å². The van der Waals surface area contributed by atoms with Gasteiger partial charge in [-0.3, -0.25) is 9.48 Å². The van der Waals surface area contributed by atoms with E-state index in [4.69, 9.17) is 23.2 Å². The van der Waals surface area contributed by atoms with Gasteiger partial charge in [0, 0.05) is 50.0 Å². The second-order valence-electron chi connectivity index (χ2n) is 7.14. The summed E-state index contributed by atoms with van der Waals surface area (Å²) in [5.74, 6) is -0.142. The molecular formula is C20H25Cl2N5O2. The molecule has 7 nitrogen and oxygen atoms in total. The van der Waals surface area contributed by atoms with E-state index in [0.717, 1.165) is 24.4 Å². The number of halogens is 2. The summed E-state index contributed by atoms with van der Waals surface area (Å²) < 4.78 is 1.95. The molecule has 0 bridgehead atoms. The SMILES string of the molecule is Cc1cc(C)n(CCCNC(=O)N2CCN(C(=O)c3ccc(Cl)cc3Cl)CC2)n1. The lowest BCUT2D eigenvalue weighted by atomic mass is 10.2. The van der Waals surface area contributed by atoms with Crippen molar-refractivity contribution in [3.63, 3.8) is 0 Å². The van der Waals surface area contributed by atoms with Gasteiger partial charge in [-0.2, -0.15) is 5.10 Å². The number of aromatic nitrogens is 2. The quantitative estimate of drug-likeness (QED) is 0.728. The largest absolute Gasteiger partial charge is 0.338 e. The molecule has 0 aliphatic carbocycles. The van der Waals surface area contributed by atoms with Crippen LogP contribution in [0, 0.1) is 13.8 Å². The van der Waals surface area contributed by atoms with Crippen LogP contribution in [0.25, 0.3) is 0 Å². The Bertz CT molecular complexity index is 891. The number of nitrogens with zero attached hydrogens (tertiary/aromatic N) is 4. The van der Waals surface area contributed by atoms with Crippen LogP contribution in [0.2, 0.25) is 10.0 Å². The van der Waals surface area contributed by atoms with E-state index < -0.39 is 0 Å². The molecule has 2 heterocycles. The fraction of sp³-hybridized carbons (Fsp3) is 0.450. The highest BCUT2D eigenvalue weighted by atomic mass is 35.5. The molecule has 156 valence electrons. The third-order valence-electron chi connectivity index (χ3n) is 4.94. The van der Waals surface area contributed by atoms with Gasteiger partial charge in [0.25, 0.3) is 5.91 Å². The Balaban J connectivity index is 1.42. The molecular weight excluding hydrogens is 413 g/mol. The second kappa shape index (κ2) is 9.50. The zero-order valence-electron chi connectivity index (χ0n) is 16.6. The number of rotatable bonds is 5. The maximum Gasteiger partial charge on any atom is 0.317 e. The van der Waals surface area contributed by atoms with Crippen LogP contribution >= 0.6 is 23.2 Å². The van der Waals surface area contributed by atoms with Crippen LogP contribution in [0.1, 0.15) is 28.2 Å². The van der Waals surface area contributed by atoms with Crippen molar-refractivity contribution in [2.45, 2.75) is 26.8 Å². The highest BCUT2D eigenvalue weighted by Gasteiger charge is 2.25. The average molecular weight is 438 g/mol. The van der Waals surface area contributed by atoms with Gasteiger partial charge < -0.3 is 15.1 Å². The molecule has 0 spiro atoms. The standard InChI is InChI=1S/C20H25Cl2N5O2/c1-14-12-15(2)27(24-14)7-3-6-23-20(29)26-10-8-25(9-11-26)19(28)17-5-4-16(21)13-18(17)22/h4-5,12-13H,3,6-11H2,1-2H3,(H,23,29). The molecule has 1 aliphatic rings. The fourth-order valence-corrected chi connectivity index (χ4v) is 3.87. The normalized spacial score (nSPS) is 14.2. The Hall–Kier alpha value is -2.25. The first kappa shape index (κ1) is 21.5. The number of amides is 3. The Labute approximate surface area is 180 Å². The summed E-state index contributed by atoms with van der Waals surface area (Å²) in [7, 11) is 0. The minimum atomic E-state index is -0.142. The first-order valence-corrected chi connectivity index (χ1v) is 10.4. The molecule has 3 rings (SSSR count). The van der Waals surface area contributed by atoms with Crippen molar-refractivity contribution < 1.29 is 9.59 Å². The Kier molecular flexibility index (Phi) is 7.03. The number of hydrogen-bond acceptors (Lipinski definition) is 3. The predicted octanol–water partition coefficient (Wildman–Crippen LogP) is 3.36. The van der Waals surface area contributed by atoms with Gasteiger partial charge in [-0.25, -0.2) is 4.79 Å². The number of carbonyl (C=O) groups is 2. The number of nitrogens with one attached hydrogen (secondary N) is 1. The van der Waals surface area contributed by atoms with Gasteiger partial charge in [-0.05, 0) is 44.5 Å². The summed E-state index contributed by atoms with van der Waals surface area (Å²) in [6, 6.07) is 6.78. The number of hydrogen-bond donors (Lipinski definition) is 1. The van der Waals surface area contributed by atoms with E-state index in [9.17, 15) is 9.59 Å². The molecule has 1 saturated heterocycles. The van der Waals surface area contributed by atoms with E-state index in [1.807, 2.05) is 24.6 Å². The van der Waals surface area contributed by atoms with Gasteiger partial charge in [-0.15, -0.1) is 0 Å². The lowest BCUT2D eigenvalue weighted by Gasteiger charge is -2.35. The van der Waals surface area contributed by atoms with Crippen LogP contribution < -0.4 is 5.32 Å². The van der Waals surface area contributed by atoms with Crippen LogP contribution in [-0.4, -0.2) is 64.2 Å². The zero-order valence-corrected chi connectivity index (χ0v) is 18.1. The lowest BCUT2D eigenvalue weighted by Crippen LogP contribution is -2.53. The van der Waals surface area contributed by atoms with E-state index in [1.54, 1.807) is 28.0 Å². The third-order valence-corrected chi connectivity index (χ3v) is 5.49. The molecule has 0 saturated carbocycles. The molecule has 9 heteroatoms. The van der Waals surface area contributed by atoms with E-state index in [0.29, 0.717) is 48.3 Å². The number of carbonyl (C=O) groups excluding carboxylic acids is 2. The Morgan fingerprint density at radius 2 is 1.76 bits per heavy atom. The van der Waals surface area contributed by atoms with E-state index >= 15 is 0 Å². The number of piperazine rings is 1. The molecule has 0 atom stereocenters. The van der Waals surface area contributed by atoms with Gasteiger partial charge >= 0.3 is 6.03 Å². The van der Waals surface area contributed by atoms with Crippen molar-refractivity contribution in [1.29, 1.82) is 0 Å². The van der Waals surface area contributed by atoms with Crippen molar-refractivity contribution in [1.82, 2.24) is 24.9 Å². The minimum absolute atomic E-state index is 0.102. The summed E-state index contributed by atoms with van der Waals surface area (Å²) in [5, 5.41) is 8.19. The lowest BCUT2D eigenvalue weighted by molar-refractivity contribution is 0.0665. The molecule has 29 heavy (non-hydrogen) atoms. The third kappa shape index (κ3) is 5.42. The smallest absolute Gasteiger partial charge is 0.317 e. The van der Waals surface area contributed by atoms with Gasteiger partial charge in [-0.1, -0.05) is 23.2 Å². The molecule has 1 aromatic heterocycles. The van der Waals surface area contributed by atoms with Crippen LogP contribution in [0.15, 0.2) is 24.3 Å². The van der Waals surface area contributed by atoms with Crippen LogP contribution in [0.4, 0.5) is 4.79 Å². The molecule has 3 amide bonds. The first-order chi connectivity index (χ1) is 13.8. The fourth-order valence-electron chi connectivity index (χ4n) is 3.38. The Morgan fingerprint density at radius 3 is 2.38 bits per heavy atom. The second-order valence-corrected chi connectivity index (χ2v) is 7.98. The zero-order chi connectivity index (χ0) is 21.0. The molecule has 2 aromatic rings. The van der Waals surface area contributed by atoms with Crippen LogP contribution in [0.3, 0.4) is 0 Å². The van der Waals surface area contributed by atoms with Gasteiger partial charge in [0.1, 0.15) is 0 Å². The average Bonchev–Trinajstić information content (AvgIpc) is 3.01. The summed E-state index contributed by atoms with van der Waals surface area (Å²) in [5.41, 5.74) is 2.55. The minimum Gasteiger partial charge on any atom is -0.338 e. The topological polar surface area (TPSA) is 70.5 Å². The van der Waals surface area contributed by atoms with Crippen molar-refractivity contribution in [3.8, 4) is 0 Å². The van der Waals surface area contributed by atoms with Crippen molar-refractivity contribution in [3.05, 3.63) is 51.3 Å². The van der Waals surface area contributed by atoms with Crippen molar-refractivity contribution in [2.75, 3.05) is 32.7 Å². The van der Waals surface area contributed by atoms with Crippen molar-refractivity contribution in [2.24, 2.45) is 0 Å². The maximum atomic E-state index is 12.7. The van der Waals surface area contributed by atoms with Gasteiger partial charge in [0.15, 0.2) is 0 Å². The predicted molar refractivity (Wildman–Crippen MR) is 114 cm³/mol. The summed E-state index contributed by atoms with van der Waals surface area (Å²) in [4.78, 5) is 28.5. The monoisotopic (exact) mass is 437 g/mol. The molecule has 0 radical (unpaired) electrons. The molecule has 1 N–H and O–H groups in total. The Morgan fingerprint density at radius 1 is 1.07 bits per heavy atom. The highest BCUT2D eigenvalue weighted by Crippen LogP contribution is 2.22. The van der Waals surface area contributed by atoms with Gasteiger partial charge in [0.05, 0.1) is 16.3 Å². The van der Waals surface area contributed by atoms with E-state index in [2.05, 4.69) is 10.4 Å². The summed E-state index contributed by atoms with van der Waals surface area (Å²) in [6.45, 7) is 7.25. The summed E-state index contributed by atoms with van der Waals surface area (Å²) in [6.07, 6.45) is 0.807. The first-order valence-electron chi connectivity index (χ1n) is 9.63. The molecule has 0 unspecified atom stereocenters. The van der Waals surface area contributed by atoms with Crippen molar-refractivity contribution >= 4 is 35.1 Å². The number of aryl methyl sites for hydroxylation is 3. The van der Waals surface area contributed by atoms with E-state index in [1.165, 1.54) is 0 Å². The molecule has 1 aromatic carbocycles. The van der Waals surface area contributed by atoms with Crippen LogP contribution in [-0.2, 0) is 6.54 Å². The maximum absolute atomic E-state index is 12.7.